The molecule has 36 heavy (non-hydrogen) atoms. The standard InChI is InChI=1S/C27H25NO7S/c1-17-15-19(26(29)34-3)16-18(2)25(17)35-27(30)24-20-9-4-6-11-22(20)28(13-8-14-36(31,32)33)23-12-7-5-10-21(23)24/h4-7,9-12,15-16H,8,13-14H2,1-3H3/p+1. The van der Waals surface area contributed by atoms with E-state index in [1.807, 2.05) is 53.1 Å². The number of benzene rings is 3. The fourth-order valence-electron chi connectivity index (χ4n) is 4.47. The fourth-order valence-corrected chi connectivity index (χ4v) is 4.97. The summed E-state index contributed by atoms with van der Waals surface area (Å²) in [7, 11) is -2.78. The summed E-state index contributed by atoms with van der Waals surface area (Å²) in [4.78, 5) is 25.6. The fraction of sp³-hybridized carbons (Fsp3) is 0.222. The SMILES string of the molecule is COC(=O)c1cc(C)c(OC(=O)c2c3ccccc3[n+](CCCS(=O)(=O)O)c3ccccc23)c(C)c1. The Morgan fingerprint density at radius 2 is 1.42 bits per heavy atom. The number of aromatic nitrogens is 1. The molecule has 1 N–H and O–H groups in total. The molecule has 3 aromatic carbocycles. The third-order valence-corrected chi connectivity index (χ3v) is 6.80. The van der Waals surface area contributed by atoms with Crippen LogP contribution in [0, 0.1) is 13.8 Å². The Morgan fingerprint density at radius 1 is 0.889 bits per heavy atom. The minimum absolute atomic E-state index is 0.201. The largest absolute Gasteiger partial charge is 0.465 e. The van der Waals surface area contributed by atoms with Crippen molar-refractivity contribution in [3.8, 4) is 5.75 Å². The molecular weight excluding hydrogens is 482 g/mol. The average molecular weight is 509 g/mol. The van der Waals surface area contributed by atoms with Crippen LogP contribution < -0.4 is 9.30 Å². The monoisotopic (exact) mass is 508 g/mol. The highest BCUT2D eigenvalue weighted by Gasteiger charge is 2.26. The van der Waals surface area contributed by atoms with Crippen molar-refractivity contribution in [1.82, 2.24) is 0 Å². The van der Waals surface area contributed by atoms with Gasteiger partial charge in [0.15, 0.2) is 6.54 Å². The lowest BCUT2D eigenvalue weighted by atomic mass is 10.0. The van der Waals surface area contributed by atoms with Crippen LogP contribution in [-0.2, 0) is 21.4 Å². The molecule has 0 fully saturated rings. The normalized spacial score (nSPS) is 11.6. The second kappa shape index (κ2) is 10.0. The van der Waals surface area contributed by atoms with Gasteiger partial charge in [-0.3, -0.25) is 4.55 Å². The molecule has 0 saturated heterocycles. The maximum atomic E-state index is 13.6. The van der Waals surface area contributed by atoms with Gasteiger partial charge in [0.05, 0.1) is 34.8 Å². The molecule has 8 nitrogen and oxygen atoms in total. The predicted octanol–water partition coefficient (Wildman–Crippen LogP) is 4.18. The van der Waals surface area contributed by atoms with Crippen molar-refractivity contribution in [3.63, 3.8) is 0 Å². The first-order valence-corrected chi connectivity index (χ1v) is 12.9. The molecule has 9 heteroatoms. The Morgan fingerprint density at radius 3 is 1.92 bits per heavy atom. The number of methoxy groups -OCH3 is 1. The van der Waals surface area contributed by atoms with Crippen molar-refractivity contribution in [3.05, 3.63) is 82.9 Å². The third-order valence-electron chi connectivity index (χ3n) is 5.99. The summed E-state index contributed by atoms with van der Waals surface area (Å²) in [6.45, 7) is 3.84. The molecule has 186 valence electrons. The van der Waals surface area contributed by atoms with Gasteiger partial charge in [-0.1, -0.05) is 24.3 Å². The topological polar surface area (TPSA) is 111 Å². The number of pyridine rings is 1. The zero-order valence-electron chi connectivity index (χ0n) is 20.1. The third kappa shape index (κ3) is 5.07. The molecule has 0 amide bonds. The van der Waals surface area contributed by atoms with E-state index >= 15 is 0 Å². The van der Waals surface area contributed by atoms with Gasteiger partial charge in [-0.15, -0.1) is 0 Å². The average Bonchev–Trinajstić information content (AvgIpc) is 2.84. The van der Waals surface area contributed by atoms with Gasteiger partial charge in [-0.2, -0.15) is 13.0 Å². The Hall–Kier alpha value is -3.82. The van der Waals surface area contributed by atoms with Crippen molar-refractivity contribution >= 4 is 43.9 Å². The van der Waals surface area contributed by atoms with Crippen LogP contribution in [-0.4, -0.2) is 37.8 Å². The van der Waals surface area contributed by atoms with Gasteiger partial charge in [0.1, 0.15) is 5.75 Å². The van der Waals surface area contributed by atoms with Gasteiger partial charge in [-0.05, 0) is 49.2 Å². The van der Waals surface area contributed by atoms with Crippen LogP contribution >= 0.6 is 0 Å². The van der Waals surface area contributed by atoms with E-state index in [9.17, 15) is 18.0 Å². The molecule has 0 aliphatic carbocycles. The van der Waals surface area contributed by atoms with Crippen molar-refractivity contribution < 1.29 is 36.6 Å². The maximum Gasteiger partial charge on any atom is 0.345 e. The number of fused-ring (bicyclic) bond motifs is 2. The molecule has 4 rings (SSSR count). The van der Waals surface area contributed by atoms with Crippen LogP contribution in [0.3, 0.4) is 0 Å². The summed E-state index contributed by atoms with van der Waals surface area (Å²) in [5.41, 5.74) is 3.44. The van der Waals surface area contributed by atoms with E-state index in [1.54, 1.807) is 26.0 Å². The molecule has 0 radical (unpaired) electrons. The molecule has 1 aromatic heterocycles. The summed E-state index contributed by atoms with van der Waals surface area (Å²) in [6.07, 6.45) is 0.201. The quantitative estimate of drug-likeness (QED) is 0.131. The van der Waals surface area contributed by atoms with Crippen molar-refractivity contribution in [2.75, 3.05) is 12.9 Å². The van der Waals surface area contributed by atoms with Gasteiger partial charge < -0.3 is 9.47 Å². The van der Waals surface area contributed by atoms with E-state index in [1.165, 1.54) is 7.11 Å². The second-order valence-electron chi connectivity index (χ2n) is 8.52. The van der Waals surface area contributed by atoms with E-state index < -0.39 is 22.1 Å². The highest BCUT2D eigenvalue weighted by molar-refractivity contribution is 7.85. The number of esters is 2. The number of carbonyl (C=O) groups is 2. The minimum Gasteiger partial charge on any atom is -0.465 e. The lowest BCUT2D eigenvalue weighted by Gasteiger charge is -2.15. The van der Waals surface area contributed by atoms with Crippen LogP contribution in [0.25, 0.3) is 21.8 Å². The Bertz CT molecular complexity index is 1530. The van der Waals surface area contributed by atoms with Crippen molar-refractivity contribution in [2.45, 2.75) is 26.8 Å². The number of nitrogens with zero attached hydrogens (tertiary/aromatic N) is 1. The molecule has 4 aromatic rings. The predicted molar refractivity (Wildman–Crippen MR) is 135 cm³/mol. The van der Waals surface area contributed by atoms with Gasteiger partial charge in [0.25, 0.3) is 10.1 Å². The van der Waals surface area contributed by atoms with Crippen LogP contribution in [0.5, 0.6) is 5.75 Å². The number of carbonyl (C=O) groups excluding carboxylic acids is 2. The van der Waals surface area contributed by atoms with Crippen LogP contribution in [0.15, 0.2) is 60.7 Å². The van der Waals surface area contributed by atoms with Crippen molar-refractivity contribution in [2.24, 2.45) is 0 Å². The molecule has 1 heterocycles. The smallest absolute Gasteiger partial charge is 0.345 e. The number of rotatable bonds is 7. The zero-order chi connectivity index (χ0) is 26.0. The number of aryl methyl sites for hydroxylation is 3. The summed E-state index contributed by atoms with van der Waals surface area (Å²) in [5, 5.41) is 1.30. The second-order valence-corrected chi connectivity index (χ2v) is 10.1. The van der Waals surface area contributed by atoms with E-state index in [0.29, 0.717) is 45.3 Å². The highest BCUT2D eigenvalue weighted by atomic mass is 32.2. The lowest BCUT2D eigenvalue weighted by molar-refractivity contribution is -0.645. The van der Waals surface area contributed by atoms with Gasteiger partial charge in [0, 0.05) is 18.6 Å². The number of hydrogen-bond donors (Lipinski definition) is 1. The molecule has 0 atom stereocenters. The molecule has 0 spiro atoms. The first kappa shape index (κ1) is 25.3. The minimum atomic E-state index is -4.09. The zero-order valence-corrected chi connectivity index (χ0v) is 21.0. The first-order chi connectivity index (χ1) is 17.1. The summed E-state index contributed by atoms with van der Waals surface area (Å²) in [6, 6.07) is 17.9. The van der Waals surface area contributed by atoms with Crippen LogP contribution in [0.1, 0.15) is 38.3 Å². The lowest BCUT2D eigenvalue weighted by Crippen LogP contribution is -2.37. The molecule has 0 aliphatic heterocycles. The molecule has 0 saturated carbocycles. The van der Waals surface area contributed by atoms with Gasteiger partial charge in [-0.25, -0.2) is 9.59 Å². The van der Waals surface area contributed by atoms with Gasteiger partial charge in [0.2, 0.25) is 11.0 Å². The highest BCUT2D eigenvalue weighted by Crippen LogP contribution is 2.30. The van der Waals surface area contributed by atoms with Crippen LogP contribution in [0.4, 0.5) is 0 Å². The molecular formula is C27H26NO7S+. The summed E-state index contributed by atoms with van der Waals surface area (Å²) in [5.74, 6) is -1.03. The number of para-hydroxylation sites is 2. The summed E-state index contributed by atoms with van der Waals surface area (Å²) >= 11 is 0. The molecule has 0 aliphatic rings. The maximum absolute atomic E-state index is 13.6. The van der Waals surface area contributed by atoms with Crippen molar-refractivity contribution in [1.29, 1.82) is 0 Å². The first-order valence-electron chi connectivity index (χ1n) is 11.3. The van der Waals surface area contributed by atoms with E-state index in [2.05, 4.69) is 0 Å². The summed E-state index contributed by atoms with van der Waals surface area (Å²) < 4.78 is 44.3. The van der Waals surface area contributed by atoms with Gasteiger partial charge >= 0.3 is 11.9 Å². The molecule has 0 unspecified atom stereocenters. The van der Waals surface area contributed by atoms with Crippen LogP contribution in [0.2, 0.25) is 0 Å². The Balaban J connectivity index is 1.83. The Labute approximate surface area is 208 Å². The Kier molecular flexibility index (Phi) is 7.05. The number of ether oxygens (including phenoxy) is 2. The molecule has 0 bridgehead atoms. The van der Waals surface area contributed by atoms with E-state index in [0.717, 1.165) is 11.0 Å². The number of hydrogen-bond acceptors (Lipinski definition) is 6. The van der Waals surface area contributed by atoms with E-state index in [4.69, 9.17) is 14.0 Å². The van der Waals surface area contributed by atoms with E-state index in [-0.39, 0.29) is 12.2 Å².